The smallest absolute Gasteiger partial charge is 0.306 e. The van der Waals surface area contributed by atoms with E-state index < -0.39 is 5.60 Å². The summed E-state index contributed by atoms with van der Waals surface area (Å²) in [6.07, 6.45) is 5.95. The van der Waals surface area contributed by atoms with Gasteiger partial charge in [-0.15, -0.1) is 0 Å². The van der Waals surface area contributed by atoms with Crippen molar-refractivity contribution in [1.82, 2.24) is 0 Å². The van der Waals surface area contributed by atoms with Gasteiger partial charge in [0.15, 0.2) is 0 Å². The maximum absolute atomic E-state index is 12.4. The van der Waals surface area contributed by atoms with Crippen molar-refractivity contribution >= 4 is 5.97 Å². The van der Waals surface area contributed by atoms with Gasteiger partial charge < -0.3 is 9.84 Å². The first-order valence-electron chi connectivity index (χ1n) is 11.0. The number of fused-ring (bicyclic) bond motifs is 3. The molecule has 0 amide bonds. The van der Waals surface area contributed by atoms with E-state index in [1.165, 1.54) is 6.42 Å². The summed E-state index contributed by atoms with van der Waals surface area (Å²) in [6.45, 7) is 13.9. The summed E-state index contributed by atoms with van der Waals surface area (Å²) in [7, 11) is 0. The van der Waals surface area contributed by atoms with Gasteiger partial charge in [0.1, 0.15) is 0 Å². The third-order valence-electron chi connectivity index (χ3n) is 8.60. The average Bonchev–Trinajstić information content (AvgIpc) is 2.99. The van der Waals surface area contributed by atoms with Gasteiger partial charge in [0, 0.05) is 11.8 Å². The molecule has 0 aromatic carbocycles. The summed E-state index contributed by atoms with van der Waals surface area (Å²) in [5, 5.41) is 11.0. The van der Waals surface area contributed by atoms with Crippen LogP contribution in [0.2, 0.25) is 0 Å². The molecule has 1 N–H and O–H groups in total. The van der Waals surface area contributed by atoms with Gasteiger partial charge in [-0.05, 0) is 67.6 Å². The topological polar surface area (TPSA) is 46.5 Å². The van der Waals surface area contributed by atoms with Gasteiger partial charge in [-0.25, -0.2) is 0 Å². The number of rotatable bonds is 6. The first-order valence-corrected chi connectivity index (χ1v) is 11.0. The Hall–Kier alpha value is -0.570. The molecule has 3 aliphatic rings. The SMILES string of the molecule is CCC(CC(=O)OC[C@]1(C)[C@H]2[C@@H]3[C@H](C)CC[C@H]3[C@](C)(O)CC[C@H]21)C(C)C. The van der Waals surface area contributed by atoms with E-state index in [-0.39, 0.29) is 11.4 Å². The Morgan fingerprint density at radius 3 is 2.50 bits per heavy atom. The summed E-state index contributed by atoms with van der Waals surface area (Å²) in [5.74, 6) is 3.88. The fraction of sp³-hybridized carbons (Fsp3) is 0.957. The molecule has 0 aliphatic heterocycles. The highest BCUT2D eigenvalue weighted by Gasteiger charge is 2.69. The molecule has 0 spiro atoms. The quantitative estimate of drug-likeness (QED) is 0.670. The summed E-state index contributed by atoms with van der Waals surface area (Å²) < 4.78 is 5.82. The van der Waals surface area contributed by atoms with E-state index in [1.54, 1.807) is 0 Å². The predicted molar refractivity (Wildman–Crippen MR) is 105 cm³/mol. The van der Waals surface area contributed by atoms with Crippen molar-refractivity contribution in [3.05, 3.63) is 0 Å². The third kappa shape index (κ3) is 3.45. The molecule has 26 heavy (non-hydrogen) atoms. The van der Waals surface area contributed by atoms with Crippen molar-refractivity contribution < 1.29 is 14.6 Å². The second-order valence-electron chi connectivity index (χ2n) is 10.5. The Labute approximate surface area is 160 Å². The molecule has 3 rings (SSSR count). The molecule has 3 aliphatic carbocycles. The van der Waals surface area contributed by atoms with Crippen LogP contribution >= 0.6 is 0 Å². The van der Waals surface area contributed by atoms with Crippen LogP contribution in [0.1, 0.15) is 80.1 Å². The monoisotopic (exact) mass is 364 g/mol. The second-order valence-corrected chi connectivity index (χ2v) is 10.5. The number of hydrogen-bond donors (Lipinski definition) is 1. The minimum absolute atomic E-state index is 0.0174. The Kier molecular flexibility index (Phi) is 5.52. The Morgan fingerprint density at radius 2 is 1.88 bits per heavy atom. The fourth-order valence-corrected chi connectivity index (χ4v) is 6.67. The van der Waals surface area contributed by atoms with Gasteiger partial charge in [0.05, 0.1) is 12.2 Å². The van der Waals surface area contributed by atoms with Gasteiger partial charge >= 0.3 is 5.97 Å². The van der Waals surface area contributed by atoms with Crippen molar-refractivity contribution in [2.24, 2.45) is 46.8 Å². The number of aliphatic hydroxyl groups is 1. The van der Waals surface area contributed by atoms with Crippen LogP contribution in [0.5, 0.6) is 0 Å². The number of ether oxygens (including phenoxy) is 1. The maximum atomic E-state index is 12.4. The van der Waals surface area contributed by atoms with Crippen molar-refractivity contribution in [3.8, 4) is 0 Å². The van der Waals surface area contributed by atoms with Crippen molar-refractivity contribution in [3.63, 3.8) is 0 Å². The molecule has 3 heteroatoms. The molecule has 150 valence electrons. The van der Waals surface area contributed by atoms with Gasteiger partial charge in [-0.3, -0.25) is 4.79 Å². The van der Waals surface area contributed by atoms with Crippen molar-refractivity contribution in [1.29, 1.82) is 0 Å². The number of carbonyl (C=O) groups is 1. The molecule has 0 saturated heterocycles. The molecule has 0 aromatic heterocycles. The Morgan fingerprint density at radius 1 is 1.19 bits per heavy atom. The fourth-order valence-electron chi connectivity index (χ4n) is 6.67. The van der Waals surface area contributed by atoms with Crippen LogP contribution in [0.4, 0.5) is 0 Å². The lowest BCUT2D eigenvalue weighted by atomic mass is 9.74. The lowest BCUT2D eigenvalue weighted by Gasteiger charge is -2.36. The molecule has 3 fully saturated rings. The highest BCUT2D eigenvalue weighted by Crippen LogP contribution is 2.71. The van der Waals surface area contributed by atoms with E-state index in [2.05, 4.69) is 41.5 Å². The zero-order valence-corrected chi connectivity index (χ0v) is 17.8. The summed E-state index contributed by atoms with van der Waals surface area (Å²) in [4.78, 5) is 12.4. The average molecular weight is 365 g/mol. The van der Waals surface area contributed by atoms with E-state index in [4.69, 9.17) is 4.74 Å². The predicted octanol–water partition coefficient (Wildman–Crippen LogP) is 5.06. The van der Waals surface area contributed by atoms with Gasteiger partial charge in [0.25, 0.3) is 0 Å². The van der Waals surface area contributed by atoms with Crippen LogP contribution in [0.3, 0.4) is 0 Å². The zero-order valence-electron chi connectivity index (χ0n) is 17.8. The molecule has 0 heterocycles. The normalized spacial score (nSPS) is 45.6. The first-order chi connectivity index (χ1) is 12.1. The first kappa shape index (κ1) is 20.2. The number of hydrogen-bond acceptors (Lipinski definition) is 3. The van der Waals surface area contributed by atoms with E-state index in [1.807, 2.05) is 0 Å². The standard InChI is InChI=1S/C23H40O3/c1-7-16(14(2)3)12-19(24)26-13-22(5)18-10-11-23(6,25)17-9-8-15(4)20(17)21(18)22/h14-18,20-21,25H,7-13H2,1-6H3/t15-,16?,17-,18-,20-,21-,22+,23-/m1/s1. The molecule has 0 radical (unpaired) electrons. The summed E-state index contributed by atoms with van der Waals surface area (Å²) >= 11 is 0. The minimum atomic E-state index is -0.508. The van der Waals surface area contributed by atoms with Gasteiger partial charge in [-0.2, -0.15) is 0 Å². The molecule has 8 atom stereocenters. The van der Waals surface area contributed by atoms with Crippen LogP contribution in [-0.2, 0) is 9.53 Å². The van der Waals surface area contributed by atoms with Gasteiger partial charge in [0.2, 0.25) is 0 Å². The van der Waals surface area contributed by atoms with Crippen LogP contribution in [0.25, 0.3) is 0 Å². The lowest BCUT2D eigenvalue weighted by Crippen LogP contribution is -2.38. The highest BCUT2D eigenvalue weighted by atomic mass is 16.5. The van der Waals surface area contributed by atoms with Crippen LogP contribution < -0.4 is 0 Å². The molecule has 3 nitrogen and oxygen atoms in total. The Balaban J connectivity index is 1.63. The van der Waals surface area contributed by atoms with E-state index in [0.717, 1.165) is 25.7 Å². The van der Waals surface area contributed by atoms with Crippen LogP contribution in [-0.4, -0.2) is 23.3 Å². The molecule has 0 bridgehead atoms. The largest absolute Gasteiger partial charge is 0.465 e. The van der Waals surface area contributed by atoms with Gasteiger partial charge in [-0.1, -0.05) is 47.5 Å². The molecular weight excluding hydrogens is 324 g/mol. The van der Waals surface area contributed by atoms with Crippen molar-refractivity contribution in [2.45, 2.75) is 85.7 Å². The van der Waals surface area contributed by atoms with E-state index in [0.29, 0.717) is 54.5 Å². The van der Waals surface area contributed by atoms with E-state index >= 15 is 0 Å². The Bertz CT molecular complexity index is 526. The molecular formula is C23H40O3. The third-order valence-corrected chi connectivity index (χ3v) is 8.60. The molecule has 1 unspecified atom stereocenters. The second kappa shape index (κ2) is 7.11. The summed E-state index contributed by atoms with van der Waals surface area (Å²) in [6, 6.07) is 0. The van der Waals surface area contributed by atoms with Crippen LogP contribution in [0, 0.1) is 46.8 Å². The number of esters is 1. The number of carbonyl (C=O) groups excluding carboxylic acids is 1. The molecule has 0 aromatic rings. The maximum Gasteiger partial charge on any atom is 0.306 e. The zero-order chi connectivity index (χ0) is 19.3. The highest BCUT2D eigenvalue weighted by molar-refractivity contribution is 5.69. The van der Waals surface area contributed by atoms with Crippen molar-refractivity contribution in [2.75, 3.05) is 6.61 Å². The lowest BCUT2D eigenvalue weighted by molar-refractivity contribution is -0.147. The minimum Gasteiger partial charge on any atom is -0.465 e. The van der Waals surface area contributed by atoms with Crippen LogP contribution in [0.15, 0.2) is 0 Å². The molecule has 3 saturated carbocycles. The summed E-state index contributed by atoms with van der Waals surface area (Å²) in [5.41, 5.74) is -0.376. The van der Waals surface area contributed by atoms with E-state index in [9.17, 15) is 9.90 Å².